The Morgan fingerprint density at radius 3 is 2.59 bits per heavy atom. The van der Waals surface area contributed by atoms with Crippen LogP contribution < -0.4 is 10.9 Å². The summed E-state index contributed by atoms with van der Waals surface area (Å²) in [6, 6.07) is 12.3. The number of benzene rings is 2. The fourth-order valence-corrected chi connectivity index (χ4v) is 1.88. The van der Waals surface area contributed by atoms with Crippen LogP contribution in [0.4, 0.5) is 15.8 Å². The number of rotatable bonds is 3. The van der Waals surface area contributed by atoms with E-state index in [1.165, 1.54) is 6.07 Å². The molecule has 2 N–H and O–H groups in total. The topological polar surface area (TPSA) is 24.1 Å². The molecule has 2 aromatic rings. The van der Waals surface area contributed by atoms with Crippen molar-refractivity contribution in [3.63, 3.8) is 0 Å². The lowest BCUT2D eigenvalue weighted by Gasteiger charge is -2.11. The number of hydrogen-bond donors (Lipinski definition) is 2. The fourth-order valence-electron chi connectivity index (χ4n) is 1.31. The minimum Gasteiger partial charge on any atom is -0.301 e. The molecule has 0 amide bonds. The van der Waals surface area contributed by atoms with Crippen LogP contribution in [-0.4, -0.2) is 0 Å². The summed E-state index contributed by atoms with van der Waals surface area (Å²) >= 11 is 9.02. The number of hydrogen-bond acceptors (Lipinski definition) is 2. The van der Waals surface area contributed by atoms with Gasteiger partial charge in [0.05, 0.1) is 16.4 Å². The molecule has 2 nitrogen and oxygen atoms in total. The van der Waals surface area contributed by atoms with E-state index in [2.05, 4.69) is 26.8 Å². The second-order valence-electron chi connectivity index (χ2n) is 3.36. The van der Waals surface area contributed by atoms with Crippen LogP contribution in [0.1, 0.15) is 0 Å². The predicted molar refractivity (Wildman–Crippen MR) is 72.8 cm³/mol. The lowest BCUT2D eigenvalue weighted by atomic mass is 10.3. The average Bonchev–Trinajstić information content (AvgIpc) is 2.31. The molecule has 0 aromatic heterocycles. The van der Waals surface area contributed by atoms with Gasteiger partial charge in [0, 0.05) is 4.47 Å². The van der Waals surface area contributed by atoms with Crippen LogP contribution in [0.25, 0.3) is 0 Å². The second kappa shape index (κ2) is 5.38. The third-order valence-electron chi connectivity index (χ3n) is 2.12. The van der Waals surface area contributed by atoms with E-state index < -0.39 is 5.82 Å². The van der Waals surface area contributed by atoms with Crippen LogP contribution in [-0.2, 0) is 0 Å². The molecule has 2 rings (SSSR count). The third-order valence-corrected chi connectivity index (χ3v) is 2.90. The van der Waals surface area contributed by atoms with Crippen molar-refractivity contribution in [2.45, 2.75) is 0 Å². The first-order valence-corrected chi connectivity index (χ1v) is 6.05. The zero-order valence-electron chi connectivity index (χ0n) is 8.68. The van der Waals surface area contributed by atoms with Gasteiger partial charge in [-0.25, -0.2) is 4.39 Å². The van der Waals surface area contributed by atoms with Gasteiger partial charge in [0.2, 0.25) is 0 Å². The summed E-state index contributed by atoms with van der Waals surface area (Å²) in [7, 11) is 0. The van der Waals surface area contributed by atoms with Gasteiger partial charge in [-0.15, -0.1) is 0 Å². The van der Waals surface area contributed by atoms with Gasteiger partial charge in [-0.05, 0) is 30.3 Å². The van der Waals surface area contributed by atoms with Gasteiger partial charge in [0.25, 0.3) is 0 Å². The van der Waals surface area contributed by atoms with E-state index in [1.54, 1.807) is 12.1 Å². The Balaban J connectivity index is 2.10. The van der Waals surface area contributed by atoms with Crippen molar-refractivity contribution in [1.29, 1.82) is 0 Å². The SMILES string of the molecule is Fc1c(Cl)cccc1NNc1cccc(Br)c1. The summed E-state index contributed by atoms with van der Waals surface area (Å²) in [5.41, 5.74) is 6.78. The van der Waals surface area contributed by atoms with E-state index >= 15 is 0 Å². The first-order chi connectivity index (χ1) is 8.16. The highest BCUT2D eigenvalue weighted by atomic mass is 79.9. The van der Waals surface area contributed by atoms with Crippen molar-refractivity contribution in [2.75, 3.05) is 10.9 Å². The van der Waals surface area contributed by atoms with E-state index in [9.17, 15) is 4.39 Å². The largest absolute Gasteiger partial charge is 0.301 e. The van der Waals surface area contributed by atoms with Gasteiger partial charge in [0.1, 0.15) is 0 Å². The third kappa shape index (κ3) is 3.11. The summed E-state index contributed by atoms with van der Waals surface area (Å²) in [6.07, 6.45) is 0. The average molecular weight is 316 g/mol. The molecule has 0 radical (unpaired) electrons. The van der Waals surface area contributed by atoms with Crippen molar-refractivity contribution in [3.05, 3.63) is 57.8 Å². The highest BCUT2D eigenvalue weighted by Crippen LogP contribution is 2.22. The summed E-state index contributed by atoms with van der Waals surface area (Å²) in [5.74, 6) is -0.475. The second-order valence-corrected chi connectivity index (χ2v) is 4.68. The molecule has 0 aliphatic carbocycles. The number of nitrogens with one attached hydrogen (secondary N) is 2. The summed E-state index contributed by atoms with van der Waals surface area (Å²) < 4.78 is 14.5. The molecule has 0 unspecified atom stereocenters. The Bertz CT molecular complexity index is 534. The molecule has 17 heavy (non-hydrogen) atoms. The summed E-state index contributed by atoms with van der Waals surface area (Å²) in [5, 5.41) is 0.0889. The fraction of sp³-hybridized carbons (Fsp3) is 0. The van der Waals surface area contributed by atoms with E-state index in [0.29, 0.717) is 5.69 Å². The van der Waals surface area contributed by atoms with Gasteiger partial charge >= 0.3 is 0 Å². The molecule has 0 fully saturated rings. The van der Waals surface area contributed by atoms with Crippen LogP contribution in [0.2, 0.25) is 5.02 Å². The Hall–Kier alpha value is -1.26. The van der Waals surface area contributed by atoms with Gasteiger partial charge in [0.15, 0.2) is 5.82 Å². The molecule has 0 atom stereocenters. The predicted octanol–water partition coefficient (Wildman–Crippen LogP) is 4.68. The van der Waals surface area contributed by atoms with Crippen molar-refractivity contribution in [3.8, 4) is 0 Å². The Labute approximate surface area is 112 Å². The molecule has 0 saturated carbocycles. The standard InChI is InChI=1S/C12H9BrClFN2/c13-8-3-1-4-9(7-8)16-17-11-6-2-5-10(14)12(11)15/h1-7,16-17H. The van der Waals surface area contributed by atoms with Gasteiger partial charge in [-0.1, -0.05) is 39.7 Å². The van der Waals surface area contributed by atoms with Crippen LogP contribution in [0.15, 0.2) is 46.9 Å². The summed E-state index contributed by atoms with van der Waals surface area (Å²) in [6.45, 7) is 0. The summed E-state index contributed by atoms with van der Waals surface area (Å²) in [4.78, 5) is 0. The zero-order valence-corrected chi connectivity index (χ0v) is 11.0. The Morgan fingerprint density at radius 1 is 1.06 bits per heavy atom. The zero-order chi connectivity index (χ0) is 12.3. The van der Waals surface area contributed by atoms with Crippen molar-refractivity contribution < 1.29 is 4.39 Å². The molecule has 0 aliphatic rings. The number of halogens is 3. The lowest BCUT2D eigenvalue weighted by Crippen LogP contribution is -2.09. The maximum Gasteiger partial charge on any atom is 0.166 e. The van der Waals surface area contributed by atoms with Gasteiger partial charge in [-0.3, -0.25) is 5.43 Å². The maximum atomic E-state index is 13.5. The quantitative estimate of drug-likeness (QED) is 0.804. The minimum absolute atomic E-state index is 0.0889. The number of hydrazine groups is 1. The molecule has 88 valence electrons. The molecule has 5 heteroatoms. The highest BCUT2D eigenvalue weighted by Gasteiger charge is 2.04. The maximum absolute atomic E-state index is 13.5. The first-order valence-electron chi connectivity index (χ1n) is 4.88. The molecule has 2 aromatic carbocycles. The molecule has 0 aliphatic heterocycles. The van der Waals surface area contributed by atoms with Crippen LogP contribution in [0.5, 0.6) is 0 Å². The van der Waals surface area contributed by atoms with E-state index in [4.69, 9.17) is 11.6 Å². The smallest absolute Gasteiger partial charge is 0.166 e. The van der Waals surface area contributed by atoms with Crippen LogP contribution in [0.3, 0.4) is 0 Å². The molecular formula is C12H9BrClFN2. The Morgan fingerprint density at radius 2 is 1.82 bits per heavy atom. The van der Waals surface area contributed by atoms with E-state index in [-0.39, 0.29) is 5.02 Å². The van der Waals surface area contributed by atoms with E-state index in [1.807, 2.05) is 24.3 Å². The Kier molecular flexibility index (Phi) is 3.86. The minimum atomic E-state index is -0.475. The van der Waals surface area contributed by atoms with Crippen molar-refractivity contribution in [1.82, 2.24) is 0 Å². The molecule has 0 saturated heterocycles. The van der Waals surface area contributed by atoms with Crippen LogP contribution in [0, 0.1) is 5.82 Å². The highest BCUT2D eigenvalue weighted by molar-refractivity contribution is 9.10. The monoisotopic (exact) mass is 314 g/mol. The molecule has 0 bridgehead atoms. The van der Waals surface area contributed by atoms with Crippen molar-refractivity contribution in [2.24, 2.45) is 0 Å². The van der Waals surface area contributed by atoms with Gasteiger partial charge in [-0.2, -0.15) is 0 Å². The normalized spacial score (nSPS) is 10.1. The van der Waals surface area contributed by atoms with Crippen LogP contribution >= 0.6 is 27.5 Å². The first kappa shape index (κ1) is 12.2. The molecule has 0 heterocycles. The van der Waals surface area contributed by atoms with E-state index in [0.717, 1.165) is 10.2 Å². The lowest BCUT2D eigenvalue weighted by molar-refractivity contribution is 0.631. The van der Waals surface area contributed by atoms with Gasteiger partial charge < -0.3 is 5.43 Å². The molecule has 0 spiro atoms. The molecular weight excluding hydrogens is 307 g/mol. The van der Waals surface area contributed by atoms with Crippen molar-refractivity contribution >= 4 is 38.9 Å². The number of anilines is 2.